The van der Waals surface area contributed by atoms with Gasteiger partial charge in [0.05, 0.1) is 53.7 Å². The summed E-state index contributed by atoms with van der Waals surface area (Å²) in [6, 6.07) is -0.858. The molecule has 18 atom stereocenters. The van der Waals surface area contributed by atoms with Crippen LogP contribution in [0.4, 0.5) is 0 Å². The Labute approximate surface area is 369 Å². The van der Waals surface area contributed by atoms with Crippen LogP contribution in [-0.2, 0) is 42.9 Å². The molecule has 1 saturated carbocycles. The van der Waals surface area contributed by atoms with Gasteiger partial charge in [-0.1, -0.05) is 61.5 Å². The molecule has 0 aromatic carbocycles. The summed E-state index contributed by atoms with van der Waals surface area (Å²) >= 11 is 0. The molecular weight excluding hydrogens is 797 g/mol. The molecule has 5 N–H and O–H groups in total. The largest absolute Gasteiger partial charge is 0.481 e. The number of ether oxygens (including phenoxy) is 5. The van der Waals surface area contributed by atoms with Crippen LogP contribution in [-0.4, -0.2) is 111 Å². The highest BCUT2D eigenvalue weighted by Crippen LogP contribution is 2.54. The molecule has 14 nitrogen and oxygen atoms in total. The van der Waals surface area contributed by atoms with E-state index in [1.165, 1.54) is 0 Å². The second kappa shape index (κ2) is 19.2. The Morgan fingerprint density at radius 2 is 1.53 bits per heavy atom. The third-order valence-corrected chi connectivity index (χ3v) is 16.2. The number of ketones is 1. The fourth-order valence-corrected chi connectivity index (χ4v) is 11.5. The summed E-state index contributed by atoms with van der Waals surface area (Å²) in [5.41, 5.74) is -1.81. The summed E-state index contributed by atoms with van der Waals surface area (Å²) in [7, 11) is 0. The van der Waals surface area contributed by atoms with Crippen molar-refractivity contribution in [2.75, 3.05) is 6.54 Å². The molecule has 14 heteroatoms. The molecule has 0 unspecified atom stereocenters. The number of amides is 2. The zero-order valence-electron chi connectivity index (χ0n) is 39.0. The predicted octanol–water partition coefficient (Wildman–Crippen LogP) is 5.84. The highest BCUT2D eigenvalue weighted by molar-refractivity contribution is 6.35. The Hall–Kier alpha value is -2.46. The van der Waals surface area contributed by atoms with Crippen molar-refractivity contribution in [2.45, 2.75) is 212 Å². The van der Waals surface area contributed by atoms with E-state index in [-0.39, 0.29) is 29.6 Å². The van der Waals surface area contributed by atoms with E-state index in [1.54, 1.807) is 6.92 Å². The average molecular weight is 875 g/mol. The van der Waals surface area contributed by atoms with Gasteiger partial charge in [0.2, 0.25) is 0 Å². The number of carbonyl (C=O) groups is 4. The van der Waals surface area contributed by atoms with Gasteiger partial charge in [0, 0.05) is 36.6 Å². The SMILES string of the molecule is CC[C@@H](C(=O)[C@@H](C)[C@@H](O)[C@H](C)[C@@H]1O[C@@H]([C@@H](CC)C(=O)O)CC[C@@H]1C)[C@H]1O[C@]2(C=C[C@@H](NC(=O)C(=O)NCC3CC3)[C@]3(CC[C@@](C)([C@H]4CC[C@](O)(CC)[C@H](C)O4)O3)O2)[C@H](C)C[C@@H]1C. The topological polar surface area (TPSA) is 199 Å². The van der Waals surface area contributed by atoms with E-state index in [0.29, 0.717) is 70.3 Å². The Bertz CT molecular complexity index is 1660. The van der Waals surface area contributed by atoms with E-state index >= 15 is 0 Å². The van der Waals surface area contributed by atoms with Crippen molar-refractivity contribution < 1.29 is 58.2 Å². The van der Waals surface area contributed by atoms with Crippen molar-refractivity contribution >= 4 is 23.6 Å². The number of Topliss-reactive ketones (excluding diaryl/α,β-unsaturated/α-hetero) is 1. The van der Waals surface area contributed by atoms with Crippen molar-refractivity contribution in [3.63, 3.8) is 0 Å². The average Bonchev–Trinajstić information content (AvgIpc) is 4.01. The van der Waals surface area contributed by atoms with Crippen LogP contribution in [0.1, 0.15) is 146 Å². The molecule has 5 aliphatic heterocycles. The Balaban J connectivity index is 1.23. The summed E-state index contributed by atoms with van der Waals surface area (Å²) in [5.74, 6) is -7.53. The number of carboxylic acids is 1. The number of carbonyl (C=O) groups excluding carboxylic acids is 3. The second-order valence-electron chi connectivity index (χ2n) is 20.6. The maximum Gasteiger partial charge on any atom is 0.309 e. The molecule has 62 heavy (non-hydrogen) atoms. The van der Waals surface area contributed by atoms with Crippen LogP contribution < -0.4 is 10.6 Å². The third kappa shape index (κ3) is 9.72. The number of nitrogens with one attached hydrogen (secondary N) is 2. The van der Waals surface area contributed by atoms with Crippen LogP contribution in [0, 0.1) is 47.3 Å². The van der Waals surface area contributed by atoms with E-state index in [0.717, 1.165) is 19.3 Å². The van der Waals surface area contributed by atoms with Crippen LogP contribution >= 0.6 is 0 Å². The molecule has 5 fully saturated rings. The molecule has 6 rings (SSSR count). The van der Waals surface area contributed by atoms with Gasteiger partial charge in [-0.2, -0.15) is 0 Å². The molecule has 352 valence electrons. The zero-order valence-corrected chi connectivity index (χ0v) is 39.0. The van der Waals surface area contributed by atoms with Gasteiger partial charge in [0.1, 0.15) is 11.8 Å². The van der Waals surface area contributed by atoms with Crippen LogP contribution in [0.25, 0.3) is 0 Å². The summed E-state index contributed by atoms with van der Waals surface area (Å²) in [4.78, 5) is 53.2. The van der Waals surface area contributed by atoms with Gasteiger partial charge in [-0.15, -0.1) is 0 Å². The summed E-state index contributed by atoms with van der Waals surface area (Å²) < 4.78 is 34.4. The van der Waals surface area contributed by atoms with Crippen molar-refractivity contribution in [3.8, 4) is 0 Å². The lowest BCUT2D eigenvalue weighted by molar-refractivity contribution is -0.398. The van der Waals surface area contributed by atoms with E-state index in [4.69, 9.17) is 23.7 Å². The smallest absolute Gasteiger partial charge is 0.309 e. The molecule has 0 radical (unpaired) electrons. The number of aliphatic carboxylic acids is 1. The number of hydrogen-bond donors (Lipinski definition) is 5. The highest BCUT2D eigenvalue weighted by Gasteiger charge is 2.63. The van der Waals surface area contributed by atoms with Gasteiger partial charge in [-0.25, -0.2) is 0 Å². The van der Waals surface area contributed by atoms with E-state index in [2.05, 4.69) is 24.5 Å². The molecule has 0 aromatic rings. The first-order chi connectivity index (χ1) is 29.2. The lowest BCUT2D eigenvalue weighted by Gasteiger charge is -2.55. The number of rotatable bonds is 15. The predicted molar refractivity (Wildman–Crippen MR) is 230 cm³/mol. The lowest BCUT2D eigenvalue weighted by Crippen LogP contribution is -2.66. The van der Waals surface area contributed by atoms with E-state index in [1.807, 2.05) is 60.6 Å². The summed E-state index contributed by atoms with van der Waals surface area (Å²) in [5, 5.41) is 38.6. The fraction of sp³-hybridized carbons (Fsp3) is 0.875. The van der Waals surface area contributed by atoms with E-state index in [9.17, 15) is 34.5 Å². The van der Waals surface area contributed by atoms with Crippen molar-refractivity contribution in [1.82, 2.24) is 10.6 Å². The first-order valence-corrected chi connectivity index (χ1v) is 24.0. The Morgan fingerprint density at radius 1 is 0.839 bits per heavy atom. The molecule has 0 aromatic heterocycles. The molecule has 0 bridgehead atoms. The first-order valence-electron chi connectivity index (χ1n) is 24.0. The minimum Gasteiger partial charge on any atom is -0.481 e. The minimum atomic E-state index is -1.46. The van der Waals surface area contributed by atoms with Gasteiger partial charge < -0.3 is 49.6 Å². The monoisotopic (exact) mass is 875 g/mol. The quantitative estimate of drug-likeness (QED) is 0.0975. The van der Waals surface area contributed by atoms with Crippen LogP contribution in [0.3, 0.4) is 0 Å². The number of hydrogen-bond acceptors (Lipinski definition) is 11. The van der Waals surface area contributed by atoms with Crippen molar-refractivity contribution in [2.24, 2.45) is 47.3 Å². The molecule has 1 aliphatic carbocycles. The van der Waals surface area contributed by atoms with Gasteiger partial charge in [-0.05, 0) is 108 Å². The molecule has 4 saturated heterocycles. The van der Waals surface area contributed by atoms with Gasteiger partial charge in [0.15, 0.2) is 11.6 Å². The molecule has 2 spiro atoms. The van der Waals surface area contributed by atoms with Crippen LogP contribution in [0.5, 0.6) is 0 Å². The van der Waals surface area contributed by atoms with Gasteiger partial charge in [0.25, 0.3) is 0 Å². The third-order valence-electron chi connectivity index (χ3n) is 16.2. The maximum atomic E-state index is 14.7. The van der Waals surface area contributed by atoms with Crippen LogP contribution in [0.15, 0.2) is 12.2 Å². The molecular formula is C48H78N2O12. The second-order valence-corrected chi connectivity index (χ2v) is 20.6. The molecule has 2 amide bonds. The zero-order chi connectivity index (χ0) is 45.5. The lowest BCUT2D eigenvalue weighted by atomic mass is 9.72. The van der Waals surface area contributed by atoms with Gasteiger partial charge >= 0.3 is 17.8 Å². The Morgan fingerprint density at radius 3 is 2.15 bits per heavy atom. The minimum absolute atomic E-state index is 0.0551. The number of aliphatic hydroxyl groups is 2. The number of aliphatic hydroxyl groups excluding tert-OH is 1. The van der Waals surface area contributed by atoms with Crippen molar-refractivity contribution in [3.05, 3.63) is 12.2 Å². The fourth-order valence-electron chi connectivity index (χ4n) is 11.5. The molecule has 6 aliphatic rings. The summed E-state index contributed by atoms with van der Waals surface area (Å²) in [6.07, 6.45) is 7.87. The normalized spacial score (nSPS) is 42.2. The first kappa shape index (κ1) is 49.0. The maximum absolute atomic E-state index is 14.7. The van der Waals surface area contributed by atoms with E-state index < -0.39 is 101 Å². The number of carboxylic acid groups (broad SMARTS) is 1. The molecule has 5 heterocycles. The summed E-state index contributed by atoms with van der Waals surface area (Å²) in [6.45, 7) is 19.9. The van der Waals surface area contributed by atoms with Crippen molar-refractivity contribution in [1.29, 1.82) is 0 Å². The highest BCUT2D eigenvalue weighted by atomic mass is 16.8. The Kier molecular flexibility index (Phi) is 15.1. The van der Waals surface area contributed by atoms with Gasteiger partial charge in [-0.3, -0.25) is 19.2 Å². The van der Waals surface area contributed by atoms with Crippen LogP contribution in [0.2, 0.25) is 0 Å². The standard InChI is InChI=1S/C48H78N2O12/c1-11-33(44(55)56)35-17-14-26(4)40(59-35)30(8)38(51)29(7)39(52)34(12-2)41-27(5)24-28(6)47(60-41)21-18-36(50-43(54)42(53)49-25-32-15-16-32)48(62-47)23-22-45(10,61-48)37-19-20-46(57,13-3)31(9)58-37/h18,21,26-38,40-41,51,57H,11-17,19-20,22-25H2,1-10H3,(H,49,53)(H,50,54)(H,55,56)/t26-,27-,28+,29-,30-,31-,33+,34-,35+,36+,37+,38+,40+,41-,45-,46+,47-,48-/m0/s1.